The fourth-order valence-corrected chi connectivity index (χ4v) is 1.74. The SMILES string of the molecule is CC(C=CC=O)=CC1CCCC1. The van der Waals surface area contributed by atoms with E-state index in [2.05, 4.69) is 13.0 Å². The lowest BCUT2D eigenvalue weighted by molar-refractivity contribution is -0.104. The fourth-order valence-electron chi connectivity index (χ4n) is 1.74. The molecule has 1 nitrogen and oxygen atoms in total. The van der Waals surface area contributed by atoms with Crippen molar-refractivity contribution in [2.75, 3.05) is 0 Å². The molecule has 1 heteroatoms. The second-order valence-corrected chi connectivity index (χ2v) is 3.45. The van der Waals surface area contributed by atoms with Crippen LogP contribution in [0.25, 0.3) is 0 Å². The first-order chi connectivity index (χ1) is 5.83. The van der Waals surface area contributed by atoms with Crippen molar-refractivity contribution in [3.63, 3.8) is 0 Å². The molecular formula is C11H16O. The van der Waals surface area contributed by atoms with Crippen molar-refractivity contribution < 1.29 is 4.79 Å². The van der Waals surface area contributed by atoms with Gasteiger partial charge < -0.3 is 0 Å². The predicted molar refractivity (Wildman–Crippen MR) is 50.9 cm³/mol. The zero-order valence-electron chi connectivity index (χ0n) is 7.62. The Balaban J connectivity index is 2.42. The van der Waals surface area contributed by atoms with E-state index in [1.807, 2.05) is 6.08 Å². The minimum absolute atomic E-state index is 0.765. The van der Waals surface area contributed by atoms with Crippen LogP contribution in [-0.2, 0) is 4.79 Å². The normalized spacial score (nSPS) is 20.6. The maximum Gasteiger partial charge on any atom is 0.142 e. The van der Waals surface area contributed by atoms with Crippen LogP contribution in [0.3, 0.4) is 0 Å². The summed E-state index contributed by atoms with van der Waals surface area (Å²) in [5.74, 6) is 0.765. The van der Waals surface area contributed by atoms with E-state index in [0.717, 1.165) is 12.2 Å². The summed E-state index contributed by atoms with van der Waals surface area (Å²) in [5.41, 5.74) is 1.22. The molecular weight excluding hydrogens is 148 g/mol. The van der Waals surface area contributed by atoms with Crippen LogP contribution in [0.5, 0.6) is 0 Å². The smallest absolute Gasteiger partial charge is 0.142 e. The van der Waals surface area contributed by atoms with E-state index < -0.39 is 0 Å². The zero-order valence-corrected chi connectivity index (χ0v) is 7.62. The van der Waals surface area contributed by atoms with Gasteiger partial charge >= 0.3 is 0 Å². The molecule has 0 aromatic carbocycles. The van der Waals surface area contributed by atoms with E-state index in [-0.39, 0.29) is 0 Å². The van der Waals surface area contributed by atoms with Gasteiger partial charge in [0, 0.05) is 0 Å². The topological polar surface area (TPSA) is 17.1 Å². The summed E-state index contributed by atoms with van der Waals surface area (Å²) < 4.78 is 0. The van der Waals surface area contributed by atoms with Crippen molar-refractivity contribution in [2.24, 2.45) is 5.92 Å². The van der Waals surface area contributed by atoms with Crippen molar-refractivity contribution in [1.82, 2.24) is 0 Å². The Morgan fingerprint density at radius 1 is 1.33 bits per heavy atom. The molecule has 66 valence electrons. The van der Waals surface area contributed by atoms with E-state index in [1.54, 1.807) is 6.08 Å². The average Bonchev–Trinajstić information content (AvgIpc) is 2.53. The van der Waals surface area contributed by atoms with Gasteiger partial charge in [0.15, 0.2) is 0 Å². The molecule has 1 aliphatic rings. The lowest BCUT2D eigenvalue weighted by Crippen LogP contribution is -1.87. The monoisotopic (exact) mass is 164 g/mol. The van der Waals surface area contributed by atoms with Crippen LogP contribution in [0, 0.1) is 5.92 Å². The Morgan fingerprint density at radius 3 is 2.58 bits per heavy atom. The summed E-state index contributed by atoms with van der Waals surface area (Å²) in [6.07, 6.45) is 11.9. The van der Waals surface area contributed by atoms with Crippen LogP contribution in [0.15, 0.2) is 23.8 Å². The van der Waals surface area contributed by atoms with Crippen LogP contribution >= 0.6 is 0 Å². The van der Waals surface area contributed by atoms with Gasteiger partial charge in [-0.05, 0) is 31.8 Å². The molecule has 0 saturated heterocycles. The van der Waals surface area contributed by atoms with Crippen molar-refractivity contribution in [3.8, 4) is 0 Å². The minimum Gasteiger partial charge on any atom is -0.299 e. The predicted octanol–water partition coefficient (Wildman–Crippen LogP) is 2.88. The number of carbonyl (C=O) groups is 1. The maximum absolute atomic E-state index is 10.0. The summed E-state index contributed by atoms with van der Waals surface area (Å²) in [4.78, 5) is 10.0. The van der Waals surface area contributed by atoms with Crippen molar-refractivity contribution in [1.29, 1.82) is 0 Å². The van der Waals surface area contributed by atoms with E-state index >= 15 is 0 Å². The molecule has 1 saturated carbocycles. The zero-order chi connectivity index (χ0) is 8.81. The summed E-state index contributed by atoms with van der Waals surface area (Å²) in [6.45, 7) is 2.05. The highest BCUT2D eigenvalue weighted by atomic mass is 16.1. The molecule has 0 aromatic rings. The number of carbonyl (C=O) groups excluding carboxylic acids is 1. The van der Waals surface area contributed by atoms with E-state index in [0.29, 0.717) is 0 Å². The summed E-state index contributed by atoms with van der Waals surface area (Å²) in [5, 5.41) is 0. The molecule has 0 amide bonds. The van der Waals surface area contributed by atoms with Crippen LogP contribution in [0.4, 0.5) is 0 Å². The Morgan fingerprint density at radius 2 is 2.00 bits per heavy atom. The Hall–Kier alpha value is -0.850. The number of rotatable bonds is 3. The highest BCUT2D eigenvalue weighted by Crippen LogP contribution is 2.26. The first-order valence-electron chi connectivity index (χ1n) is 4.63. The molecule has 0 N–H and O–H groups in total. The first kappa shape index (κ1) is 9.24. The highest BCUT2D eigenvalue weighted by Gasteiger charge is 2.11. The molecule has 0 aliphatic heterocycles. The Labute approximate surface area is 74.2 Å². The van der Waals surface area contributed by atoms with Crippen LogP contribution in [0.2, 0.25) is 0 Å². The van der Waals surface area contributed by atoms with Crippen LogP contribution < -0.4 is 0 Å². The van der Waals surface area contributed by atoms with E-state index in [1.165, 1.54) is 31.3 Å². The van der Waals surface area contributed by atoms with Crippen LogP contribution in [-0.4, -0.2) is 6.29 Å². The summed E-state index contributed by atoms with van der Waals surface area (Å²) in [7, 11) is 0. The van der Waals surface area contributed by atoms with Gasteiger partial charge in [-0.25, -0.2) is 0 Å². The third kappa shape index (κ3) is 3.04. The fraction of sp³-hybridized carbons (Fsp3) is 0.545. The van der Waals surface area contributed by atoms with Crippen molar-refractivity contribution in [2.45, 2.75) is 32.6 Å². The number of hydrogen-bond acceptors (Lipinski definition) is 1. The van der Waals surface area contributed by atoms with Gasteiger partial charge in [-0.3, -0.25) is 4.79 Å². The molecule has 1 aliphatic carbocycles. The van der Waals surface area contributed by atoms with E-state index in [9.17, 15) is 4.79 Å². The number of allylic oxidation sites excluding steroid dienone is 4. The highest BCUT2D eigenvalue weighted by molar-refractivity contribution is 5.65. The van der Waals surface area contributed by atoms with Gasteiger partial charge in [0.1, 0.15) is 6.29 Å². The molecule has 0 unspecified atom stereocenters. The molecule has 0 bridgehead atoms. The number of aldehydes is 1. The second kappa shape index (κ2) is 4.91. The first-order valence-corrected chi connectivity index (χ1v) is 4.63. The third-order valence-electron chi connectivity index (χ3n) is 2.34. The Kier molecular flexibility index (Phi) is 3.78. The molecule has 0 spiro atoms. The quantitative estimate of drug-likeness (QED) is 0.356. The van der Waals surface area contributed by atoms with Gasteiger partial charge in [0.25, 0.3) is 0 Å². The summed E-state index contributed by atoms with van der Waals surface area (Å²) >= 11 is 0. The largest absolute Gasteiger partial charge is 0.299 e. The lowest BCUT2D eigenvalue weighted by atomic mass is 10.0. The maximum atomic E-state index is 10.0. The van der Waals surface area contributed by atoms with Crippen LogP contribution in [0.1, 0.15) is 32.6 Å². The van der Waals surface area contributed by atoms with E-state index in [4.69, 9.17) is 0 Å². The summed E-state index contributed by atoms with van der Waals surface area (Å²) in [6, 6.07) is 0. The molecule has 0 radical (unpaired) electrons. The van der Waals surface area contributed by atoms with Crippen molar-refractivity contribution in [3.05, 3.63) is 23.8 Å². The van der Waals surface area contributed by atoms with Gasteiger partial charge in [-0.15, -0.1) is 0 Å². The van der Waals surface area contributed by atoms with Gasteiger partial charge in [-0.1, -0.05) is 30.6 Å². The standard InChI is InChI=1S/C11H16O/c1-10(5-4-8-12)9-11-6-2-3-7-11/h4-5,8-9,11H,2-3,6-7H2,1H3. The van der Waals surface area contributed by atoms with Gasteiger partial charge in [0.2, 0.25) is 0 Å². The minimum atomic E-state index is 0.765. The molecule has 0 atom stereocenters. The average molecular weight is 164 g/mol. The molecule has 1 rings (SSSR count). The third-order valence-corrected chi connectivity index (χ3v) is 2.34. The molecule has 0 heterocycles. The Bertz CT molecular complexity index is 195. The molecule has 12 heavy (non-hydrogen) atoms. The molecule has 0 aromatic heterocycles. The molecule has 1 fully saturated rings. The second-order valence-electron chi connectivity index (χ2n) is 3.45. The lowest BCUT2D eigenvalue weighted by Gasteiger charge is -2.01. The van der Waals surface area contributed by atoms with Gasteiger partial charge in [-0.2, -0.15) is 0 Å². The van der Waals surface area contributed by atoms with Crippen molar-refractivity contribution >= 4 is 6.29 Å². The number of hydrogen-bond donors (Lipinski definition) is 0. The van der Waals surface area contributed by atoms with Gasteiger partial charge in [0.05, 0.1) is 0 Å².